The molecule has 0 aliphatic carbocycles. The van der Waals surface area contributed by atoms with Gasteiger partial charge in [-0.3, -0.25) is 0 Å². The number of phenolic OH excluding ortho intramolecular Hbond substituents is 1. The highest BCUT2D eigenvalue weighted by Crippen LogP contribution is 2.28. The van der Waals surface area contributed by atoms with Gasteiger partial charge in [0.05, 0.1) is 13.7 Å². The van der Waals surface area contributed by atoms with Crippen LogP contribution in [0.3, 0.4) is 0 Å². The first-order valence-corrected chi connectivity index (χ1v) is 16.1. The third kappa shape index (κ3) is 9.08. The molecule has 1 rings (SSSR count). The second-order valence-electron chi connectivity index (χ2n) is 8.50. The highest BCUT2D eigenvalue weighted by Gasteiger charge is 2.32. The van der Waals surface area contributed by atoms with E-state index in [0.717, 1.165) is 36.9 Å². The molecule has 0 atom stereocenters. The number of phenols is 1. The molecule has 0 aromatic heterocycles. The maximum atomic E-state index is 11.4. The van der Waals surface area contributed by atoms with E-state index in [1.807, 2.05) is 12.1 Å². The molecule has 1 N–H and O–H groups in total. The number of hydrogen-bond acceptors (Lipinski definition) is 5. The first kappa shape index (κ1) is 24.5. The summed E-state index contributed by atoms with van der Waals surface area (Å²) in [7, 11) is -2.00. The standard InChI is InChI=1S/C21H36O5Si2/c1-17(2)21(23)25-13-9-15-28(6,7)26-27(4,5)14-8-10-18-11-12-19(22)20(16-18)24-3/h11-12,16,22H,1,8-10,13-15H2,2-7H3. The van der Waals surface area contributed by atoms with Gasteiger partial charge in [0, 0.05) is 5.57 Å². The van der Waals surface area contributed by atoms with E-state index in [1.165, 1.54) is 0 Å². The molecule has 0 fully saturated rings. The van der Waals surface area contributed by atoms with Crippen molar-refractivity contribution < 1.29 is 23.5 Å². The van der Waals surface area contributed by atoms with Crippen molar-refractivity contribution in [2.75, 3.05) is 13.7 Å². The average Bonchev–Trinajstić information content (AvgIpc) is 2.58. The number of aryl methyl sites for hydroxylation is 1. The van der Waals surface area contributed by atoms with Gasteiger partial charge in [-0.25, -0.2) is 4.79 Å². The summed E-state index contributed by atoms with van der Waals surface area (Å²) < 4.78 is 17.0. The highest BCUT2D eigenvalue weighted by atomic mass is 28.4. The molecule has 0 amide bonds. The van der Waals surface area contributed by atoms with Crippen LogP contribution in [0.1, 0.15) is 25.3 Å². The first-order chi connectivity index (χ1) is 13.0. The lowest BCUT2D eigenvalue weighted by molar-refractivity contribution is -0.138. The third-order valence-corrected chi connectivity index (χ3v) is 12.1. The average molecular weight is 425 g/mol. The van der Waals surface area contributed by atoms with Gasteiger partial charge >= 0.3 is 5.97 Å². The van der Waals surface area contributed by atoms with Crippen molar-refractivity contribution >= 4 is 22.6 Å². The van der Waals surface area contributed by atoms with E-state index in [1.54, 1.807) is 20.1 Å². The van der Waals surface area contributed by atoms with Crippen molar-refractivity contribution in [3.63, 3.8) is 0 Å². The molecule has 0 saturated heterocycles. The third-order valence-electron chi connectivity index (χ3n) is 4.55. The Labute approximate surface area is 172 Å². The summed E-state index contributed by atoms with van der Waals surface area (Å²) in [6, 6.07) is 7.58. The van der Waals surface area contributed by atoms with Crippen LogP contribution in [-0.2, 0) is 20.1 Å². The van der Waals surface area contributed by atoms with Crippen LogP contribution in [0, 0.1) is 0 Å². The Hall–Kier alpha value is -1.58. The number of aromatic hydroxyl groups is 1. The zero-order valence-electron chi connectivity index (χ0n) is 18.3. The number of esters is 1. The zero-order valence-corrected chi connectivity index (χ0v) is 20.3. The highest BCUT2D eigenvalue weighted by molar-refractivity contribution is 6.84. The second-order valence-corrected chi connectivity index (χ2v) is 17.4. The quantitative estimate of drug-likeness (QED) is 0.214. The number of carbonyl (C=O) groups is 1. The lowest BCUT2D eigenvalue weighted by Crippen LogP contribution is -2.44. The summed E-state index contributed by atoms with van der Waals surface area (Å²) in [6.07, 6.45) is 2.82. The van der Waals surface area contributed by atoms with Gasteiger partial charge in [0.2, 0.25) is 0 Å². The Morgan fingerprint density at radius 3 is 2.29 bits per heavy atom. The normalized spacial score (nSPS) is 11.9. The van der Waals surface area contributed by atoms with Crippen LogP contribution in [-0.4, -0.2) is 41.4 Å². The van der Waals surface area contributed by atoms with Crippen LogP contribution in [0.5, 0.6) is 11.5 Å². The van der Waals surface area contributed by atoms with E-state index in [2.05, 4.69) is 32.8 Å². The first-order valence-electron chi connectivity index (χ1n) is 9.84. The topological polar surface area (TPSA) is 65.0 Å². The summed E-state index contributed by atoms with van der Waals surface area (Å²) in [6.45, 7) is 14.7. The van der Waals surface area contributed by atoms with Crippen molar-refractivity contribution in [3.05, 3.63) is 35.9 Å². The number of hydrogen-bond donors (Lipinski definition) is 1. The molecule has 0 spiro atoms. The lowest BCUT2D eigenvalue weighted by atomic mass is 10.1. The number of benzene rings is 1. The Bertz CT molecular complexity index is 671. The number of rotatable bonds is 12. The second kappa shape index (κ2) is 10.8. The predicted octanol–water partition coefficient (Wildman–Crippen LogP) is 5.27. The minimum Gasteiger partial charge on any atom is -0.504 e. The molecule has 0 aliphatic rings. The van der Waals surface area contributed by atoms with Crippen molar-refractivity contribution in [1.82, 2.24) is 0 Å². The molecule has 158 valence electrons. The van der Waals surface area contributed by atoms with Gasteiger partial charge in [-0.05, 0) is 82.2 Å². The number of carbonyl (C=O) groups excluding carboxylic acids is 1. The Morgan fingerprint density at radius 2 is 1.71 bits per heavy atom. The van der Waals surface area contributed by atoms with Gasteiger partial charge in [-0.1, -0.05) is 12.6 Å². The van der Waals surface area contributed by atoms with Crippen LogP contribution >= 0.6 is 0 Å². The van der Waals surface area contributed by atoms with E-state index < -0.39 is 16.6 Å². The molecule has 7 heteroatoms. The minimum atomic E-state index is -1.79. The number of methoxy groups -OCH3 is 1. The molecule has 5 nitrogen and oxygen atoms in total. The molecule has 1 aromatic carbocycles. The number of ether oxygens (including phenoxy) is 2. The van der Waals surface area contributed by atoms with E-state index in [0.29, 0.717) is 17.9 Å². The van der Waals surface area contributed by atoms with Gasteiger partial charge in [0.15, 0.2) is 28.1 Å². The van der Waals surface area contributed by atoms with Gasteiger partial charge in [-0.15, -0.1) is 0 Å². The summed E-state index contributed by atoms with van der Waals surface area (Å²) >= 11 is 0. The van der Waals surface area contributed by atoms with Gasteiger partial charge in [0.25, 0.3) is 0 Å². The summed E-state index contributed by atoms with van der Waals surface area (Å²) in [4.78, 5) is 11.4. The van der Waals surface area contributed by atoms with Crippen molar-refractivity contribution in [2.24, 2.45) is 0 Å². The molecule has 0 bridgehead atoms. The Balaban J connectivity index is 2.42. The monoisotopic (exact) mass is 424 g/mol. The predicted molar refractivity (Wildman–Crippen MR) is 119 cm³/mol. The zero-order chi connectivity index (χ0) is 21.4. The molecule has 1 aromatic rings. The van der Waals surface area contributed by atoms with E-state index in [9.17, 15) is 9.90 Å². The SMILES string of the molecule is C=C(C)C(=O)OCCC[Si](C)(C)O[Si](C)(C)CCCc1ccc(O)c(OC)c1. The van der Waals surface area contributed by atoms with Gasteiger partial charge < -0.3 is 18.7 Å². The van der Waals surface area contributed by atoms with Gasteiger partial charge in [0.1, 0.15) is 0 Å². The van der Waals surface area contributed by atoms with Gasteiger partial charge in [-0.2, -0.15) is 0 Å². The van der Waals surface area contributed by atoms with E-state index >= 15 is 0 Å². The van der Waals surface area contributed by atoms with Crippen molar-refractivity contribution in [1.29, 1.82) is 0 Å². The van der Waals surface area contributed by atoms with Crippen molar-refractivity contribution in [2.45, 2.75) is 64.5 Å². The molecule has 0 heterocycles. The van der Waals surface area contributed by atoms with Crippen LogP contribution in [0.2, 0.25) is 38.3 Å². The Kier molecular flexibility index (Phi) is 9.46. The van der Waals surface area contributed by atoms with E-state index in [4.69, 9.17) is 13.6 Å². The van der Waals surface area contributed by atoms with E-state index in [-0.39, 0.29) is 11.7 Å². The maximum absolute atomic E-state index is 11.4. The molecular weight excluding hydrogens is 388 g/mol. The summed E-state index contributed by atoms with van der Waals surface area (Å²) in [5, 5.41) is 9.70. The minimum absolute atomic E-state index is 0.172. The summed E-state index contributed by atoms with van der Waals surface area (Å²) in [5.41, 5.74) is 1.60. The molecule has 0 radical (unpaired) electrons. The molecular formula is C21H36O5Si2. The lowest BCUT2D eigenvalue weighted by Gasteiger charge is -2.34. The fraction of sp³-hybridized carbons (Fsp3) is 0.571. The van der Waals surface area contributed by atoms with Crippen LogP contribution in [0.15, 0.2) is 30.4 Å². The Morgan fingerprint density at radius 1 is 1.11 bits per heavy atom. The van der Waals surface area contributed by atoms with Crippen molar-refractivity contribution in [3.8, 4) is 11.5 Å². The molecule has 28 heavy (non-hydrogen) atoms. The smallest absolute Gasteiger partial charge is 0.333 e. The van der Waals surface area contributed by atoms with Crippen LogP contribution < -0.4 is 4.74 Å². The van der Waals surface area contributed by atoms with Crippen LogP contribution in [0.25, 0.3) is 0 Å². The fourth-order valence-corrected chi connectivity index (χ4v) is 12.1. The molecule has 0 saturated carbocycles. The molecule has 0 unspecified atom stereocenters. The largest absolute Gasteiger partial charge is 0.504 e. The summed E-state index contributed by atoms with van der Waals surface area (Å²) in [5.74, 6) is 0.373. The maximum Gasteiger partial charge on any atom is 0.333 e. The fourth-order valence-electron chi connectivity index (χ4n) is 3.23. The van der Waals surface area contributed by atoms with Crippen LogP contribution in [0.4, 0.5) is 0 Å². The molecule has 0 aliphatic heterocycles.